The fraction of sp³-hybridized carbons (Fsp3) is 0.947. The van der Waals surface area contributed by atoms with Crippen LogP contribution >= 0.6 is 0 Å². The molecule has 2 aliphatic carbocycles. The molecule has 2 aliphatic rings. The molecule has 0 aromatic carbocycles. The average molecular weight is 357 g/mol. The Morgan fingerprint density at radius 3 is 2.21 bits per heavy atom. The highest BCUT2D eigenvalue weighted by Gasteiger charge is 2.57. The summed E-state index contributed by atoms with van der Waals surface area (Å²) in [7, 11) is 1.50. The van der Waals surface area contributed by atoms with E-state index < -0.39 is 14.1 Å². The van der Waals surface area contributed by atoms with Crippen LogP contribution in [0.15, 0.2) is 0 Å². The van der Waals surface area contributed by atoms with Crippen molar-refractivity contribution in [2.45, 2.75) is 89.8 Å². The summed E-state index contributed by atoms with van der Waals surface area (Å²) >= 11 is 0. The minimum atomic E-state index is -1.86. The van der Waals surface area contributed by atoms with Gasteiger partial charge in [-0.05, 0) is 31.0 Å². The Labute approximate surface area is 148 Å². The first-order chi connectivity index (χ1) is 10.9. The quantitative estimate of drug-likeness (QED) is 0.548. The van der Waals surface area contributed by atoms with Gasteiger partial charge in [0.1, 0.15) is 5.78 Å². The second-order valence-corrected chi connectivity index (χ2v) is 14.2. The zero-order valence-corrected chi connectivity index (χ0v) is 17.8. The van der Waals surface area contributed by atoms with E-state index in [4.69, 9.17) is 13.9 Å². The number of ketones is 1. The van der Waals surface area contributed by atoms with Gasteiger partial charge in [-0.15, -0.1) is 0 Å². The fourth-order valence-corrected chi connectivity index (χ4v) is 5.56. The molecule has 0 aromatic rings. The Kier molecular flexibility index (Phi) is 5.43. The van der Waals surface area contributed by atoms with E-state index in [1.165, 1.54) is 0 Å². The van der Waals surface area contributed by atoms with Gasteiger partial charge in [-0.1, -0.05) is 27.7 Å². The van der Waals surface area contributed by atoms with Gasteiger partial charge in [0, 0.05) is 44.8 Å². The van der Waals surface area contributed by atoms with Gasteiger partial charge >= 0.3 is 0 Å². The van der Waals surface area contributed by atoms with Crippen LogP contribution in [-0.2, 0) is 18.7 Å². The number of hydrogen-bond donors (Lipinski definition) is 0. The van der Waals surface area contributed by atoms with E-state index in [0.717, 1.165) is 19.3 Å². The minimum Gasteiger partial charge on any atom is -0.413 e. The molecule has 2 saturated carbocycles. The molecule has 0 saturated heterocycles. The van der Waals surface area contributed by atoms with E-state index in [0.29, 0.717) is 18.6 Å². The van der Waals surface area contributed by atoms with Crippen molar-refractivity contribution in [3.05, 3.63) is 0 Å². The zero-order chi connectivity index (χ0) is 18.4. The van der Waals surface area contributed by atoms with Crippen molar-refractivity contribution in [3.8, 4) is 0 Å². The second-order valence-electron chi connectivity index (χ2n) is 9.45. The highest BCUT2D eigenvalue weighted by Crippen LogP contribution is 2.54. The predicted octanol–water partition coefficient (Wildman–Crippen LogP) is 4.54. The van der Waals surface area contributed by atoms with E-state index in [1.54, 1.807) is 14.2 Å². The summed E-state index contributed by atoms with van der Waals surface area (Å²) in [5, 5.41) is 0.178. The van der Waals surface area contributed by atoms with Crippen molar-refractivity contribution in [2.24, 2.45) is 11.3 Å². The van der Waals surface area contributed by atoms with Gasteiger partial charge in [-0.2, -0.15) is 0 Å². The predicted molar refractivity (Wildman–Crippen MR) is 98.5 cm³/mol. The van der Waals surface area contributed by atoms with Crippen LogP contribution in [-0.4, -0.2) is 40.2 Å². The van der Waals surface area contributed by atoms with Crippen molar-refractivity contribution in [1.82, 2.24) is 0 Å². The van der Waals surface area contributed by atoms with Gasteiger partial charge in [0.2, 0.25) is 0 Å². The Morgan fingerprint density at radius 1 is 1.12 bits per heavy atom. The highest BCUT2D eigenvalue weighted by molar-refractivity contribution is 6.74. The molecule has 0 radical (unpaired) electrons. The molecule has 140 valence electrons. The first-order valence-corrected chi connectivity index (χ1v) is 12.1. The number of ether oxygens (including phenoxy) is 2. The number of rotatable bonds is 4. The summed E-state index contributed by atoms with van der Waals surface area (Å²) in [4.78, 5) is 12.7. The zero-order valence-electron chi connectivity index (χ0n) is 16.8. The monoisotopic (exact) mass is 356 g/mol. The van der Waals surface area contributed by atoms with Crippen LogP contribution in [0.5, 0.6) is 0 Å². The molecule has 0 unspecified atom stereocenters. The van der Waals surface area contributed by atoms with Crippen molar-refractivity contribution in [3.63, 3.8) is 0 Å². The van der Waals surface area contributed by atoms with Gasteiger partial charge in [0.05, 0.1) is 6.10 Å². The summed E-state index contributed by atoms with van der Waals surface area (Å²) in [6, 6.07) is 0. The SMILES string of the molecule is COC1(OC)CC[C@]2(C)[C@@H](O[Si](C)(C)C(C)(C)C)CCC(=O)[C@H]2C1. The largest absolute Gasteiger partial charge is 0.413 e. The number of Topliss-reactive ketones (excluding diaryl/α,β-unsaturated/α-hetero) is 1. The number of hydrogen-bond acceptors (Lipinski definition) is 4. The summed E-state index contributed by atoms with van der Waals surface area (Å²) in [6.45, 7) is 13.7. The number of carbonyl (C=O) groups excluding carboxylic acids is 1. The van der Waals surface area contributed by atoms with E-state index in [2.05, 4.69) is 40.8 Å². The molecular weight excluding hydrogens is 320 g/mol. The van der Waals surface area contributed by atoms with Crippen LogP contribution in [0.1, 0.15) is 59.8 Å². The van der Waals surface area contributed by atoms with Crippen LogP contribution in [0, 0.1) is 11.3 Å². The third-order valence-electron chi connectivity index (χ3n) is 7.12. The lowest BCUT2D eigenvalue weighted by Gasteiger charge is -2.55. The fourth-order valence-electron chi connectivity index (χ4n) is 4.10. The molecule has 0 aliphatic heterocycles. The van der Waals surface area contributed by atoms with Gasteiger partial charge < -0.3 is 13.9 Å². The van der Waals surface area contributed by atoms with Gasteiger partial charge in [-0.25, -0.2) is 0 Å². The molecule has 0 heterocycles. The Hall–Kier alpha value is -0.233. The Morgan fingerprint density at radius 2 is 1.71 bits per heavy atom. The number of methoxy groups -OCH3 is 2. The summed E-state index contributed by atoms with van der Waals surface area (Å²) in [5.74, 6) is -0.293. The van der Waals surface area contributed by atoms with Crippen LogP contribution < -0.4 is 0 Å². The smallest absolute Gasteiger partial charge is 0.192 e. The summed E-state index contributed by atoms with van der Waals surface area (Å²) < 4.78 is 18.1. The average Bonchev–Trinajstić information content (AvgIpc) is 2.49. The molecule has 2 fully saturated rings. The molecule has 2 rings (SSSR count). The lowest BCUT2D eigenvalue weighted by atomic mass is 9.57. The van der Waals surface area contributed by atoms with Crippen molar-refractivity contribution >= 4 is 14.1 Å². The lowest BCUT2D eigenvalue weighted by molar-refractivity contribution is -0.253. The maximum Gasteiger partial charge on any atom is 0.192 e. The maximum atomic E-state index is 12.7. The molecule has 24 heavy (non-hydrogen) atoms. The van der Waals surface area contributed by atoms with Gasteiger partial charge in [0.15, 0.2) is 14.1 Å². The molecule has 3 atom stereocenters. The molecular formula is C19H36O4Si. The first-order valence-electron chi connectivity index (χ1n) is 9.22. The van der Waals surface area contributed by atoms with Crippen LogP contribution in [0.4, 0.5) is 0 Å². The van der Waals surface area contributed by atoms with E-state index in [-0.39, 0.29) is 22.5 Å². The maximum absolute atomic E-state index is 12.7. The molecule has 0 amide bonds. The third-order valence-corrected chi connectivity index (χ3v) is 11.6. The van der Waals surface area contributed by atoms with Crippen molar-refractivity contribution < 1.29 is 18.7 Å². The van der Waals surface area contributed by atoms with Crippen molar-refractivity contribution in [1.29, 1.82) is 0 Å². The molecule has 0 aromatic heterocycles. The first kappa shape index (κ1) is 20.1. The minimum absolute atomic E-state index is 0.0327. The Balaban J connectivity index is 2.27. The van der Waals surface area contributed by atoms with Crippen molar-refractivity contribution in [2.75, 3.05) is 14.2 Å². The summed E-state index contributed by atoms with van der Waals surface area (Å²) in [6.07, 6.45) is 4.00. The Bertz CT molecular complexity index is 478. The van der Waals surface area contributed by atoms with Gasteiger partial charge in [-0.3, -0.25) is 4.79 Å². The summed E-state index contributed by atoms with van der Waals surface area (Å²) in [5.41, 5.74) is -0.106. The van der Waals surface area contributed by atoms with E-state index in [9.17, 15) is 4.79 Å². The second kappa shape index (κ2) is 6.49. The van der Waals surface area contributed by atoms with E-state index >= 15 is 0 Å². The van der Waals surface area contributed by atoms with Crippen LogP contribution in [0.25, 0.3) is 0 Å². The molecule has 0 spiro atoms. The standard InChI is InChI=1S/C19H36O4Si/c1-17(2,3)24(7,8)23-16-10-9-15(20)14-13-19(21-5,22-6)12-11-18(14,16)4/h14,16H,9-13H2,1-8H3/t14-,16+,18+/m1/s1. The third kappa shape index (κ3) is 3.37. The molecule has 4 nitrogen and oxygen atoms in total. The number of fused-ring (bicyclic) bond motifs is 1. The normalized spacial score (nSPS) is 34.1. The molecule has 5 heteroatoms. The topological polar surface area (TPSA) is 44.8 Å². The molecule has 0 bridgehead atoms. The lowest BCUT2D eigenvalue weighted by Crippen LogP contribution is -2.59. The molecule has 0 N–H and O–H groups in total. The van der Waals surface area contributed by atoms with Crippen LogP contribution in [0.3, 0.4) is 0 Å². The van der Waals surface area contributed by atoms with E-state index in [1.807, 2.05) is 0 Å². The van der Waals surface area contributed by atoms with Crippen LogP contribution in [0.2, 0.25) is 18.1 Å². The number of carbonyl (C=O) groups is 1. The highest BCUT2D eigenvalue weighted by atomic mass is 28.4. The van der Waals surface area contributed by atoms with Gasteiger partial charge in [0.25, 0.3) is 0 Å².